The van der Waals surface area contributed by atoms with Crippen LogP contribution < -0.4 is 0 Å². The van der Waals surface area contributed by atoms with E-state index in [4.69, 9.17) is 5.11 Å². The van der Waals surface area contributed by atoms with E-state index in [-0.39, 0.29) is 5.56 Å². The maximum atomic E-state index is 13.9. The van der Waals surface area contributed by atoms with Crippen LogP contribution in [0.4, 0.5) is 4.39 Å². The Labute approximate surface area is 115 Å². The molecule has 0 spiro atoms. The lowest BCUT2D eigenvalue weighted by Gasteiger charge is -2.06. The molecule has 0 aliphatic carbocycles. The van der Waals surface area contributed by atoms with E-state index in [9.17, 15) is 9.18 Å². The van der Waals surface area contributed by atoms with Crippen LogP contribution in [0.5, 0.6) is 0 Å². The van der Waals surface area contributed by atoms with E-state index in [1.165, 1.54) is 17.8 Å². The van der Waals surface area contributed by atoms with Crippen LogP contribution in [0.2, 0.25) is 0 Å². The molecule has 0 aliphatic rings. The van der Waals surface area contributed by atoms with E-state index in [0.29, 0.717) is 11.3 Å². The number of rotatable bonds is 4. The Morgan fingerprint density at radius 3 is 2.68 bits per heavy atom. The van der Waals surface area contributed by atoms with Crippen molar-refractivity contribution in [1.29, 1.82) is 0 Å². The highest BCUT2D eigenvalue weighted by atomic mass is 32.2. The zero-order valence-electron chi connectivity index (χ0n) is 10.4. The van der Waals surface area contributed by atoms with Gasteiger partial charge in [-0.05, 0) is 30.7 Å². The predicted molar refractivity (Wildman–Crippen MR) is 74.1 cm³/mol. The molecule has 0 saturated heterocycles. The van der Waals surface area contributed by atoms with Gasteiger partial charge in [0.15, 0.2) is 0 Å². The third-order valence-electron chi connectivity index (χ3n) is 2.69. The first-order valence-electron chi connectivity index (χ1n) is 5.78. The van der Waals surface area contributed by atoms with E-state index in [2.05, 4.69) is 0 Å². The number of carboxylic acids is 1. The number of benzene rings is 2. The molecule has 4 heteroatoms. The summed E-state index contributed by atoms with van der Waals surface area (Å²) in [6.45, 7) is 2.00. The Morgan fingerprint density at radius 2 is 2.00 bits per heavy atom. The predicted octanol–water partition coefficient (Wildman–Crippen LogP) is 4.12. The second-order valence-electron chi connectivity index (χ2n) is 4.19. The molecular weight excluding hydrogens is 263 g/mol. The lowest BCUT2D eigenvalue weighted by atomic mass is 10.1. The molecule has 2 aromatic rings. The molecule has 0 aromatic heterocycles. The summed E-state index contributed by atoms with van der Waals surface area (Å²) < 4.78 is 13.9. The quantitative estimate of drug-likeness (QED) is 0.853. The van der Waals surface area contributed by atoms with Gasteiger partial charge < -0.3 is 5.11 Å². The molecule has 0 amide bonds. The van der Waals surface area contributed by atoms with Crippen LogP contribution in [-0.2, 0) is 5.75 Å². The largest absolute Gasteiger partial charge is 0.478 e. The first-order chi connectivity index (χ1) is 9.08. The third kappa shape index (κ3) is 3.35. The molecule has 0 bridgehead atoms. The number of hydrogen-bond donors (Lipinski definition) is 1. The van der Waals surface area contributed by atoms with Gasteiger partial charge in [-0.3, -0.25) is 0 Å². The van der Waals surface area contributed by atoms with E-state index in [1.807, 2.05) is 31.2 Å². The Kier molecular flexibility index (Phi) is 4.22. The van der Waals surface area contributed by atoms with Gasteiger partial charge in [0.25, 0.3) is 0 Å². The van der Waals surface area contributed by atoms with Gasteiger partial charge in [0.2, 0.25) is 0 Å². The van der Waals surface area contributed by atoms with Crippen LogP contribution in [0.1, 0.15) is 21.5 Å². The van der Waals surface area contributed by atoms with Crippen LogP contribution >= 0.6 is 11.8 Å². The normalized spacial score (nSPS) is 10.4. The van der Waals surface area contributed by atoms with Crippen molar-refractivity contribution in [3.63, 3.8) is 0 Å². The van der Waals surface area contributed by atoms with Gasteiger partial charge in [-0.15, -0.1) is 11.8 Å². The lowest BCUT2D eigenvalue weighted by molar-refractivity contribution is 0.0691. The van der Waals surface area contributed by atoms with Gasteiger partial charge in [-0.1, -0.05) is 29.8 Å². The molecule has 1 N–H and O–H groups in total. The van der Waals surface area contributed by atoms with Crippen molar-refractivity contribution in [3.05, 3.63) is 65.0 Å². The Bertz CT molecular complexity index is 611. The van der Waals surface area contributed by atoms with Crippen molar-refractivity contribution in [1.82, 2.24) is 0 Å². The summed E-state index contributed by atoms with van der Waals surface area (Å²) in [4.78, 5) is 11.9. The third-order valence-corrected chi connectivity index (χ3v) is 3.74. The summed E-state index contributed by atoms with van der Waals surface area (Å²) in [7, 11) is 0. The van der Waals surface area contributed by atoms with E-state index >= 15 is 0 Å². The Morgan fingerprint density at radius 1 is 1.26 bits per heavy atom. The fourth-order valence-corrected chi connectivity index (χ4v) is 2.71. The molecule has 0 heterocycles. The topological polar surface area (TPSA) is 37.3 Å². The molecule has 0 aliphatic heterocycles. The van der Waals surface area contributed by atoms with E-state index < -0.39 is 11.8 Å². The van der Waals surface area contributed by atoms with Crippen LogP contribution in [-0.4, -0.2) is 11.1 Å². The second-order valence-corrected chi connectivity index (χ2v) is 5.24. The van der Waals surface area contributed by atoms with Gasteiger partial charge in [-0.2, -0.15) is 0 Å². The number of halogens is 1. The summed E-state index contributed by atoms with van der Waals surface area (Å²) in [5.41, 5.74) is 1.28. The van der Waals surface area contributed by atoms with Crippen LogP contribution in [0.15, 0.2) is 47.4 Å². The minimum absolute atomic E-state index is 0.276. The highest BCUT2D eigenvalue weighted by molar-refractivity contribution is 7.98. The van der Waals surface area contributed by atoms with Crippen molar-refractivity contribution in [2.24, 2.45) is 0 Å². The van der Waals surface area contributed by atoms with Crippen molar-refractivity contribution in [2.75, 3.05) is 0 Å². The summed E-state index contributed by atoms with van der Waals surface area (Å²) >= 11 is 1.49. The fraction of sp³-hybridized carbons (Fsp3) is 0.133. The highest BCUT2D eigenvalue weighted by Gasteiger charge is 2.13. The molecule has 2 rings (SSSR count). The highest BCUT2D eigenvalue weighted by Crippen LogP contribution is 2.25. The summed E-state index contributed by atoms with van der Waals surface area (Å²) in [5, 5.41) is 8.86. The zero-order valence-corrected chi connectivity index (χ0v) is 11.2. The lowest BCUT2D eigenvalue weighted by Crippen LogP contribution is -2.02. The standard InChI is InChI=1S/C15H13FO2S/c1-10-4-2-6-12(8-10)19-9-11-5-3-7-13(14(11)16)15(17)18/h2-8H,9H2,1H3,(H,17,18). The fourth-order valence-electron chi connectivity index (χ4n) is 1.72. The molecule has 0 saturated carbocycles. The SMILES string of the molecule is Cc1cccc(SCc2cccc(C(=O)O)c2F)c1. The van der Waals surface area contributed by atoms with E-state index in [1.54, 1.807) is 12.1 Å². The zero-order chi connectivity index (χ0) is 13.8. The van der Waals surface area contributed by atoms with Crippen molar-refractivity contribution < 1.29 is 14.3 Å². The molecule has 19 heavy (non-hydrogen) atoms. The number of carbonyl (C=O) groups is 1. The van der Waals surface area contributed by atoms with Crippen LogP contribution in [0.3, 0.4) is 0 Å². The molecule has 0 unspecified atom stereocenters. The molecule has 0 atom stereocenters. The van der Waals surface area contributed by atoms with E-state index in [0.717, 1.165) is 10.5 Å². The van der Waals surface area contributed by atoms with Gasteiger partial charge in [0, 0.05) is 10.6 Å². The minimum atomic E-state index is -1.24. The van der Waals surface area contributed by atoms with Crippen LogP contribution in [0.25, 0.3) is 0 Å². The summed E-state index contributed by atoms with van der Waals surface area (Å²) in [6, 6.07) is 12.4. The number of aromatic carboxylic acids is 1. The van der Waals surface area contributed by atoms with Gasteiger partial charge >= 0.3 is 5.97 Å². The maximum absolute atomic E-state index is 13.9. The Balaban J connectivity index is 2.16. The molecular formula is C15H13FO2S. The summed E-state index contributed by atoms with van der Waals surface area (Å²) in [6.07, 6.45) is 0. The first-order valence-corrected chi connectivity index (χ1v) is 6.76. The average Bonchev–Trinajstić information content (AvgIpc) is 2.37. The summed E-state index contributed by atoms with van der Waals surface area (Å²) in [5.74, 6) is -1.47. The number of aryl methyl sites for hydroxylation is 1. The van der Waals surface area contributed by atoms with Gasteiger partial charge in [-0.25, -0.2) is 9.18 Å². The minimum Gasteiger partial charge on any atom is -0.478 e. The molecule has 2 aromatic carbocycles. The van der Waals surface area contributed by atoms with Crippen LogP contribution in [0, 0.1) is 12.7 Å². The number of thioether (sulfide) groups is 1. The van der Waals surface area contributed by atoms with Gasteiger partial charge in [0.05, 0.1) is 5.56 Å². The monoisotopic (exact) mass is 276 g/mol. The molecule has 0 radical (unpaired) electrons. The average molecular weight is 276 g/mol. The van der Waals surface area contributed by atoms with Crippen molar-refractivity contribution >= 4 is 17.7 Å². The van der Waals surface area contributed by atoms with Crippen molar-refractivity contribution in [2.45, 2.75) is 17.6 Å². The smallest absolute Gasteiger partial charge is 0.338 e. The number of hydrogen-bond acceptors (Lipinski definition) is 2. The number of carboxylic acid groups (broad SMARTS) is 1. The molecule has 98 valence electrons. The molecule has 0 fully saturated rings. The van der Waals surface area contributed by atoms with Gasteiger partial charge in [0.1, 0.15) is 5.82 Å². The maximum Gasteiger partial charge on any atom is 0.338 e. The first kappa shape index (κ1) is 13.6. The molecule has 2 nitrogen and oxygen atoms in total. The Hall–Kier alpha value is -1.81. The second kappa shape index (κ2) is 5.89. The van der Waals surface area contributed by atoms with Crippen molar-refractivity contribution in [3.8, 4) is 0 Å².